The molecule has 306 valence electrons. The van der Waals surface area contributed by atoms with Crippen molar-refractivity contribution in [2.45, 2.75) is 129 Å². The van der Waals surface area contributed by atoms with Crippen molar-refractivity contribution in [1.82, 2.24) is 0 Å². The number of hydrogen-bond acceptors (Lipinski definition) is 15. The highest BCUT2D eigenvalue weighted by Crippen LogP contribution is 2.69. The van der Waals surface area contributed by atoms with Crippen molar-refractivity contribution in [2.24, 2.45) is 23.2 Å². The van der Waals surface area contributed by atoms with Crippen LogP contribution in [0.5, 0.6) is 0 Å². The van der Waals surface area contributed by atoms with Crippen molar-refractivity contribution < 1.29 is 71.4 Å². The minimum Gasteiger partial charge on any atom is -0.464 e. The van der Waals surface area contributed by atoms with Gasteiger partial charge >= 0.3 is 35.8 Å². The Morgan fingerprint density at radius 1 is 0.768 bits per heavy atom. The van der Waals surface area contributed by atoms with E-state index in [0.29, 0.717) is 12.8 Å². The Balaban J connectivity index is 1.92. The molecule has 1 aromatic heterocycles. The molecule has 2 aromatic rings. The zero-order valence-electron chi connectivity index (χ0n) is 33.2. The summed E-state index contributed by atoms with van der Waals surface area (Å²) >= 11 is 0. The standard InChI is InChI=1S/C41H52O15/c1-10-22(3)34(44)50-21-40-31(54-37(47)27-18-15-19-49-27)28(51-24(5)42)20-39(9,48)41(40)32(52-25(6)43)29(38(7,8)56-41)30(33(40)55-35(45)23(4)11-2)53-36(46)26-16-13-12-14-17-26/h12-19,22-23,28-33,48H,10-11,20-21H2,1-9H3. The Bertz CT molecular complexity index is 1780. The number of rotatable bonds is 13. The summed E-state index contributed by atoms with van der Waals surface area (Å²) in [6.07, 6.45) is -6.91. The molecule has 1 aliphatic heterocycles. The molecule has 1 aromatic carbocycles. The molecule has 15 heteroatoms. The maximum atomic E-state index is 14.2. The van der Waals surface area contributed by atoms with Gasteiger partial charge in [-0.15, -0.1) is 0 Å². The van der Waals surface area contributed by atoms with Crippen LogP contribution in [0.15, 0.2) is 53.1 Å². The van der Waals surface area contributed by atoms with E-state index < -0.39 is 119 Å². The normalized spacial score (nSPS) is 32.5. The second-order valence-corrected chi connectivity index (χ2v) is 15.8. The topological polar surface area (TPSA) is 200 Å². The molecule has 11 atom stereocenters. The maximum absolute atomic E-state index is 14.2. The Morgan fingerprint density at radius 3 is 1.96 bits per heavy atom. The van der Waals surface area contributed by atoms with E-state index in [1.165, 1.54) is 37.5 Å². The van der Waals surface area contributed by atoms with Gasteiger partial charge in [0.25, 0.3) is 0 Å². The first kappa shape index (κ1) is 42.4. The van der Waals surface area contributed by atoms with Gasteiger partial charge in [-0.1, -0.05) is 45.9 Å². The van der Waals surface area contributed by atoms with E-state index in [0.717, 1.165) is 13.8 Å². The summed E-state index contributed by atoms with van der Waals surface area (Å²) in [6, 6.07) is 10.7. The van der Waals surface area contributed by atoms with Gasteiger partial charge in [-0.2, -0.15) is 0 Å². The average molecular weight is 785 g/mol. The maximum Gasteiger partial charge on any atom is 0.374 e. The molecule has 1 spiro atoms. The molecule has 3 aliphatic rings. The molecule has 2 heterocycles. The highest BCUT2D eigenvalue weighted by molar-refractivity contribution is 5.89. The number of carbonyl (C=O) groups is 6. The van der Waals surface area contributed by atoms with Crippen molar-refractivity contribution in [3.8, 4) is 0 Å². The fraction of sp³-hybridized carbons (Fsp3) is 0.610. The first-order valence-electron chi connectivity index (χ1n) is 18.9. The lowest BCUT2D eigenvalue weighted by atomic mass is 9.45. The summed E-state index contributed by atoms with van der Waals surface area (Å²) in [7, 11) is 0. The molecule has 2 bridgehead atoms. The summed E-state index contributed by atoms with van der Waals surface area (Å²) in [5.41, 5.74) is -8.25. The van der Waals surface area contributed by atoms with Crippen LogP contribution in [-0.4, -0.2) is 94.9 Å². The lowest BCUT2D eigenvalue weighted by Gasteiger charge is -2.66. The van der Waals surface area contributed by atoms with Gasteiger partial charge in [0, 0.05) is 20.3 Å². The molecule has 11 unspecified atom stereocenters. The molecule has 1 saturated heterocycles. The van der Waals surface area contributed by atoms with Crippen LogP contribution < -0.4 is 0 Å². The van der Waals surface area contributed by atoms with Crippen molar-refractivity contribution in [3.63, 3.8) is 0 Å². The van der Waals surface area contributed by atoms with Crippen molar-refractivity contribution in [1.29, 1.82) is 0 Å². The van der Waals surface area contributed by atoms with Gasteiger partial charge in [0.15, 0.2) is 17.8 Å². The number of furan rings is 1. The van der Waals surface area contributed by atoms with Crippen LogP contribution >= 0.6 is 0 Å². The Labute approximate surface area is 325 Å². The zero-order chi connectivity index (χ0) is 41.4. The largest absolute Gasteiger partial charge is 0.464 e. The van der Waals surface area contributed by atoms with Crippen LogP contribution in [0.2, 0.25) is 0 Å². The van der Waals surface area contributed by atoms with Gasteiger partial charge in [-0.25, -0.2) is 9.59 Å². The molecule has 5 rings (SSSR count). The second kappa shape index (κ2) is 16.0. The number of esters is 6. The minimum absolute atomic E-state index is 0.114. The first-order valence-corrected chi connectivity index (χ1v) is 18.9. The number of fused-ring (bicyclic) bond motifs is 1. The number of benzene rings is 1. The van der Waals surface area contributed by atoms with Gasteiger partial charge in [-0.05, 0) is 57.9 Å². The smallest absolute Gasteiger partial charge is 0.374 e. The fourth-order valence-electron chi connectivity index (χ4n) is 8.71. The van der Waals surface area contributed by atoms with Crippen LogP contribution in [0.4, 0.5) is 0 Å². The van der Waals surface area contributed by atoms with Gasteiger partial charge < -0.3 is 42.7 Å². The number of carbonyl (C=O) groups excluding carboxylic acids is 6. The van der Waals surface area contributed by atoms with Crippen LogP contribution in [0, 0.1) is 23.2 Å². The summed E-state index contributed by atoms with van der Waals surface area (Å²) in [5, 5.41) is 13.0. The molecular weight excluding hydrogens is 732 g/mol. The van der Waals surface area contributed by atoms with Crippen LogP contribution in [0.25, 0.3) is 0 Å². The molecule has 0 radical (unpaired) electrons. The van der Waals surface area contributed by atoms with Gasteiger partial charge in [-0.3, -0.25) is 19.2 Å². The second-order valence-electron chi connectivity index (χ2n) is 15.8. The van der Waals surface area contributed by atoms with Crippen LogP contribution in [0.1, 0.15) is 102 Å². The van der Waals surface area contributed by atoms with E-state index in [-0.39, 0.29) is 11.3 Å². The molecule has 15 nitrogen and oxygen atoms in total. The third-order valence-corrected chi connectivity index (χ3v) is 11.6. The summed E-state index contributed by atoms with van der Waals surface area (Å²) < 4.78 is 49.5. The van der Waals surface area contributed by atoms with E-state index in [1.807, 2.05) is 0 Å². The SMILES string of the molecule is CCC(C)C(=O)OCC12C(OC(=O)c3ccco3)C(OC(C)=O)CC(C)(O)C13OC(C)(C)C(C(OC(=O)c1ccccc1)C2OC(=O)C(C)CC)C3OC(C)=O. The van der Waals surface area contributed by atoms with E-state index in [4.69, 9.17) is 37.6 Å². The zero-order valence-corrected chi connectivity index (χ0v) is 33.2. The van der Waals surface area contributed by atoms with E-state index in [1.54, 1.807) is 59.7 Å². The summed E-state index contributed by atoms with van der Waals surface area (Å²) in [4.78, 5) is 82.1. The van der Waals surface area contributed by atoms with Crippen molar-refractivity contribution in [3.05, 3.63) is 60.1 Å². The van der Waals surface area contributed by atoms with Crippen LogP contribution in [0.3, 0.4) is 0 Å². The van der Waals surface area contributed by atoms with Crippen molar-refractivity contribution >= 4 is 35.8 Å². The quantitative estimate of drug-likeness (QED) is 0.215. The first-order chi connectivity index (χ1) is 26.3. The Kier molecular flexibility index (Phi) is 12.1. The highest BCUT2D eigenvalue weighted by atomic mass is 16.7. The molecule has 2 aliphatic carbocycles. The third-order valence-electron chi connectivity index (χ3n) is 11.6. The predicted molar refractivity (Wildman–Crippen MR) is 193 cm³/mol. The van der Waals surface area contributed by atoms with Crippen LogP contribution in [-0.2, 0) is 52.3 Å². The Morgan fingerprint density at radius 2 is 1.39 bits per heavy atom. The number of aliphatic hydroxyl groups is 1. The molecule has 56 heavy (non-hydrogen) atoms. The van der Waals surface area contributed by atoms with E-state index in [2.05, 4.69) is 0 Å². The molecule has 2 saturated carbocycles. The summed E-state index contributed by atoms with van der Waals surface area (Å²) in [6.45, 7) is 12.8. The van der Waals surface area contributed by atoms with Gasteiger partial charge in [0.1, 0.15) is 30.3 Å². The Hall–Kier alpha value is -4.76. The number of ether oxygens (including phenoxy) is 7. The van der Waals surface area contributed by atoms with E-state index >= 15 is 0 Å². The molecule has 3 fully saturated rings. The summed E-state index contributed by atoms with van der Waals surface area (Å²) in [5.74, 6) is -7.98. The lowest BCUT2D eigenvalue weighted by molar-refractivity contribution is -0.363. The highest BCUT2D eigenvalue weighted by Gasteiger charge is 2.89. The van der Waals surface area contributed by atoms with E-state index in [9.17, 15) is 33.9 Å². The van der Waals surface area contributed by atoms with Crippen molar-refractivity contribution in [2.75, 3.05) is 6.61 Å². The number of hydrogen-bond donors (Lipinski definition) is 1. The van der Waals surface area contributed by atoms with Gasteiger partial charge in [0.2, 0.25) is 5.76 Å². The minimum atomic E-state index is -2.37. The van der Waals surface area contributed by atoms with Gasteiger partial charge in [0.05, 0.1) is 40.8 Å². The average Bonchev–Trinajstić information content (AvgIpc) is 3.75. The molecule has 1 N–H and O–H groups in total. The lowest BCUT2D eigenvalue weighted by Crippen LogP contribution is -2.85. The fourth-order valence-corrected chi connectivity index (χ4v) is 8.71. The third kappa shape index (κ3) is 7.31. The molecular formula is C41H52O15. The predicted octanol–water partition coefficient (Wildman–Crippen LogP) is 4.76. The molecule has 0 amide bonds. The monoisotopic (exact) mass is 784 g/mol.